The van der Waals surface area contributed by atoms with Crippen LogP contribution in [0.25, 0.3) is 33.0 Å². The zero-order valence-corrected chi connectivity index (χ0v) is 19.4. The maximum atomic E-state index is 12.1. The topological polar surface area (TPSA) is 71.1 Å². The molecule has 34 heavy (non-hydrogen) atoms. The molecule has 0 heterocycles. The molecule has 0 aliphatic carbocycles. The Morgan fingerprint density at radius 2 is 0.912 bits per heavy atom. The number of rotatable bonds is 8. The summed E-state index contributed by atoms with van der Waals surface area (Å²) in [7, 11) is 6.08. The molecule has 0 radical (unpaired) electrons. The molecule has 4 rings (SSSR count). The molecule has 0 unspecified atom stereocenters. The zero-order chi connectivity index (χ0) is 24.2. The maximum absolute atomic E-state index is 12.1. The fourth-order valence-corrected chi connectivity index (χ4v) is 4.39. The van der Waals surface area contributed by atoms with Gasteiger partial charge in [-0.3, -0.25) is 9.59 Å². The van der Waals surface area contributed by atoms with Gasteiger partial charge in [0.05, 0.1) is 39.6 Å². The number of fused-ring (bicyclic) bond motifs is 1. The van der Waals surface area contributed by atoms with Crippen LogP contribution in [0.15, 0.2) is 60.7 Å². The molecule has 6 heteroatoms. The molecule has 0 aliphatic rings. The van der Waals surface area contributed by atoms with Gasteiger partial charge in [-0.05, 0) is 57.3 Å². The van der Waals surface area contributed by atoms with E-state index in [-0.39, 0.29) is 0 Å². The molecule has 0 amide bonds. The van der Waals surface area contributed by atoms with Crippen LogP contribution in [0.1, 0.15) is 20.7 Å². The average molecular weight is 456 g/mol. The molecule has 0 aliphatic heterocycles. The summed E-state index contributed by atoms with van der Waals surface area (Å²) in [4.78, 5) is 24.2. The van der Waals surface area contributed by atoms with Gasteiger partial charge in [-0.2, -0.15) is 0 Å². The highest BCUT2D eigenvalue weighted by atomic mass is 16.5. The van der Waals surface area contributed by atoms with E-state index in [1.807, 2.05) is 48.5 Å². The Hall–Kier alpha value is -4.32. The Morgan fingerprint density at radius 3 is 1.24 bits per heavy atom. The molecule has 0 N–H and O–H groups in total. The second kappa shape index (κ2) is 9.67. The van der Waals surface area contributed by atoms with Gasteiger partial charge in [0, 0.05) is 0 Å². The highest BCUT2D eigenvalue weighted by molar-refractivity contribution is 6.09. The molecule has 0 saturated carbocycles. The summed E-state index contributed by atoms with van der Waals surface area (Å²) in [6.45, 7) is 0. The van der Waals surface area contributed by atoms with E-state index in [9.17, 15) is 9.59 Å². The highest BCUT2D eigenvalue weighted by Crippen LogP contribution is 2.43. The van der Waals surface area contributed by atoms with Gasteiger partial charge < -0.3 is 18.9 Å². The lowest BCUT2D eigenvalue weighted by Crippen LogP contribution is -1.99. The Labute approximate surface area is 197 Å². The monoisotopic (exact) mass is 456 g/mol. The van der Waals surface area contributed by atoms with Crippen LogP contribution >= 0.6 is 0 Å². The fraction of sp³-hybridized carbons (Fsp3) is 0.143. The standard InChI is InChI=1S/C28H24O6/c1-31-25-13-11-21(23(15-29)27(25)33-3)19-9-5-8-18-17(19)7-6-10-20(18)22-12-14-26(32-2)28(34-4)24(22)16-30/h5-16H,1-4H3. The number of carbonyl (C=O) groups is 2. The van der Waals surface area contributed by atoms with Crippen LogP contribution < -0.4 is 18.9 Å². The van der Waals surface area contributed by atoms with Crippen molar-refractivity contribution in [2.24, 2.45) is 0 Å². The van der Waals surface area contributed by atoms with Crippen molar-refractivity contribution in [3.8, 4) is 45.3 Å². The van der Waals surface area contributed by atoms with Crippen LogP contribution in [0.5, 0.6) is 23.0 Å². The van der Waals surface area contributed by atoms with E-state index in [0.717, 1.165) is 45.6 Å². The third kappa shape index (κ3) is 3.63. The number of carbonyl (C=O) groups excluding carboxylic acids is 2. The van der Waals surface area contributed by atoms with Crippen LogP contribution in [0.2, 0.25) is 0 Å². The van der Waals surface area contributed by atoms with E-state index in [0.29, 0.717) is 34.1 Å². The highest BCUT2D eigenvalue weighted by Gasteiger charge is 2.20. The Bertz CT molecular complexity index is 1280. The number of hydrogen-bond donors (Lipinski definition) is 0. The lowest BCUT2D eigenvalue weighted by atomic mass is 9.89. The summed E-state index contributed by atoms with van der Waals surface area (Å²) in [6.07, 6.45) is 1.55. The Kier molecular flexibility index (Phi) is 6.50. The fourth-order valence-electron chi connectivity index (χ4n) is 4.39. The average Bonchev–Trinajstić information content (AvgIpc) is 2.90. The molecule has 4 aromatic carbocycles. The minimum absolute atomic E-state index is 0.381. The van der Waals surface area contributed by atoms with Gasteiger partial charge in [-0.15, -0.1) is 0 Å². The van der Waals surface area contributed by atoms with Crippen molar-refractivity contribution >= 4 is 23.3 Å². The van der Waals surface area contributed by atoms with E-state index in [2.05, 4.69) is 0 Å². The predicted molar refractivity (Wildman–Crippen MR) is 132 cm³/mol. The zero-order valence-electron chi connectivity index (χ0n) is 19.4. The Balaban J connectivity index is 2.02. The lowest BCUT2D eigenvalue weighted by Gasteiger charge is -2.17. The van der Waals surface area contributed by atoms with Gasteiger partial charge >= 0.3 is 0 Å². The number of benzene rings is 4. The summed E-state index contributed by atoms with van der Waals surface area (Å²) in [5, 5.41) is 1.84. The quantitative estimate of drug-likeness (QED) is 0.311. The summed E-state index contributed by atoms with van der Waals surface area (Å²) in [5.41, 5.74) is 3.96. The molecule has 0 fully saturated rings. The van der Waals surface area contributed by atoms with Crippen LogP contribution in [0.4, 0.5) is 0 Å². The SMILES string of the molecule is COc1ccc(-c2cccc3c(-c4ccc(OC)c(OC)c4C=O)cccc23)c(C=O)c1OC. The van der Waals surface area contributed by atoms with Gasteiger partial charge in [0.25, 0.3) is 0 Å². The second-order valence-electron chi connectivity index (χ2n) is 7.47. The Morgan fingerprint density at radius 1 is 0.500 bits per heavy atom. The lowest BCUT2D eigenvalue weighted by molar-refractivity contribution is 0.111. The summed E-state index contributed by atoms with van der Waals surface area (Å²) < 4.78 is 21.7. The molecule has 4 aromatic rings. The number of hydrogen-bond acceptors (Lipinski definition) is 6. The van der Waals surface area contributed by atoms with Crippen molar-refractivity contribution in [3.05, 3.63) is 71.8 Å². The first-order valence-corrected chi connectivity index (χ1v) is 10.6. The van der Waals surface area contributed by atoms with Crippen LogP contribution in [-0.4, -0.2) is 41.0 Å². The van der Waals surface area contributed by atoms with Gasteiger partial charge in [0.1, 0.15) is 0 Å². The molecule has 0 aromatic heterocycles. The van der Waals surface area contributed by atoms with E-state index in [1.54, 1.807) is 12.1 Å². The first-order valence-electron chi connectivity index (χ1n) is 10.6. The van der Waals surface area contributed by atoms with Gasteiger partial charge in [-0.1, -0.05) is 36.4 Å². The minimum Gasteiger partial charge on any atom is -0.493 e. The molecule has 0 bridgehead atoms. The van der Waals surface area contributed by atoms with Crippen LogP contribution in [-0.2, 0) is 0 Å². The molecular weight excluding hydrogens is 432 g/mol. The van der Waals surface area contributed by atoms with Gasteiger partial charge in [0.2, 0.25) is 0 Å². The van der Waals surface area contributed by atoms with Crippen LogP contribution in [0, 0.1) is 0 Å². The minimum atomic E-state index is 0.381. The van der Waals surface area contributed by atoms with Crippen LogP contribution in [0.3, 0.4) is 0 Å². The van der Waals surface area contributed by atoms with Crippen molar-refractivity contribution in [1.29, 1.82) is 0 Å². The smallest absolute Gasteiger partial charge is 0.171 e. The van der Waals surface area contributed by atoms with E-state index < -0.39 is 0 Å². The van der Waals surface area contributed by atoms with E-state index in [4.69, 9.17) is 18.9 Å². The van der Waals surface area contributed by atoms with E-state index >= 15 is 0 Å². The van der Waals surface area contributed by atoms with Crippen molar-refractivity contribution in [2.45, 2.75) is 0 Å². The molecule has 6 nitrogen and oxygen atoms in total. The third-order valence-electron chi connectivity index (χ3n) is 5.91. The summed E-state index contributed by atoms with van der Waals surface area (Å²) in [6, 6.07) is 19.0. The van der Waals surface area contributed by atoms with Crippen molar-refractivity contribution in [2.75, 3.05) is 28.4 Å². The molecule has 172 valence electrons. The number of aldehydes is 2. The summed E-state index contributed by atoms with van der Waals surface area (Å²) in [5.74, 6) is 1.73. The van der Waals surface area contributed by atoms with Gasteiger partial charge in [-0.25, -0.2) is 0 Å². The summed E-state index contributed by atoms with van der Waals surface area (Å²) >= 11 is 0. The molecular formula is C28H24O6. The molecule has 0 saturated heterocycles. The van der Waals surface area contributed by atoms with Crippen molar-refractivity contribution in [1.82, 2.24) is 0 Å². The number of methoxy groups -OCH3 is 4. The van der Waals surface area contributed by atoms with Crippen molar-refractivity contribution in [3.63, 3.8) is 0 Å². The largest absolute Gasteiger partial charge is 0.493 e. The maximum Gasteiger partial charge on any atom is 0.171 e. The normalized spacial score (nSPS) is 10.6. The molecule has 0 spiro atoms. The second-order valence-corrected chi connectivity index (χ2v) is 7.47. The first-order chi connectivity index (χ1) is 16.6. The van der Waals surface area contributed by atoms with E-state index in [1.165, 1.54) is 28.4 Å². The first kappa shape index (κ1) is 22.9. The van der Waals surface area contributed by atoms with Gasteiger partial charge in [0.15, 0.2) is 35.6 Å². The predicted octanol–water partition coefficient (Wildman–Crippen LogP) is 5.83. The molecule has 0 atom stereocenters. The van der Waals surface area contributed by atoms with Crippen molar-refractivity contribution < 1.29 is 28.5 Å². The number of ether oxygens (including phenoxy) is 4. The third-order valence-corrected chi connectivity index (χ3v) is 5.91.